The molecular formula is C35H46N4O4. The van der Waals surface area contributed by atoms with E-state index in [1.165, 1.54) is 22.3 Å². The number of aromatic nitrogens is 2. The Morgan fingerprint density at radius 3 is 2.70 bits per heavy atom. The molecule has 0 radical (unpaired) electrons. The van der Waals surface area contributed by atoms with Crippen molar-refractivity contribution >= 4 is 11.9 Å². The molecule has 230 valence electrons. The Kier molecular flexibility index (Phi) is 9.67. The van der Waals surface area contributed by atoms with Crippen molar-refractivity contribution in [3.05, 3.63) is 70.4 Å². The van der Waals surface area contributed by atoms with Crippen LogP contribution in [0.15, 0.2) is 42.6 Å². The summed E-state index contributed by atoms with van der Waals surface area (Å²) in [6, 6.07) is 12.6. The number of nitrogens with zero attached hydrogens (tertiary/aromatic N) is 3. The lowest BCUT2D eigenvalue weighted by molar-refractivity contribution is -0.166. The van der Waals surface area contributed by atoms with Gasteiger partial charge < -0.3 is 24.4 Å². The van der Waals surface area contributed by atoms with Crippen molar-refractivity contribution in [3.8, 4) is 17.0 Å². The van der Waals surface area contributed by atoms with E-state index in [-0.39, 0.29) is 18.0 Å². The quantitative estimate of drug-likeness (QED) is 0.342. The van der Waals surface area contributed by atoms with Crippen LogP contribution in [0.4, 0.5) is 5.95 Å². The number of fused-ring (bicyclic) bond motifs is 1. The molecule has 1 saturated heterocycles. The summed E-state index contributed by atoms with van der Waals surface area (Å²) >= 11 is 0. The van der Waals surface area contributed by atoms with E-state index in [1.807, 2.05) is 39.8 Å². The van der Waals surface area contributed by atoms with E-state index in [0.717, 1.165) is 48.5 Å². The van der Waals surface area contributed by atoms with E-state index in [9.17, 15) is 4.79 Å². The molecule has 3 aromatic rings. The first-order chi connectivity index (χ1) is 20.6. The van der Waals surface area contributed by atoms with Gasteiger partial charge in [-0.25, -0.2) is 9.97 Å². The molecule has 2 aliphatic heterocycles. The lowest BCUT2D eigenvalue weighted by atomic mass is 9.93. The van der Waals surface area contributed by atoms with Crippen molar-refractivity contribution in [1.82, 2.24) is 15.3 Å². The van der Waals surface area contributed by atoms with Crippen LogP contribution < -0.4 is 15.0 Å². The molecule has 2 aromatic carbocycles. The van der Waals surface area contributed by atoms with Crippen LogP contribution in [0, 0.1) is 19.8 Å². The van der Waals surface area contributed by atoms with Crippen LogP contribution in [-0.4, -0.2) is 60.4 Å². The molecule has 8 nitrogen and oxygen atoms in total. The highest BCUT2D eigenvalue weighted by atomic mass is 16.6. The van der Waals surface area contributed by atoms with Crippen LogP contribution in [0.3, 0.4) is 0 Å². The van der Waals surface area contributed by atoms with Crippen molar-refractivity contribution in [1.29, 1.82) is 0 Å². The maximum Gasteiger partial charge on any atom is 0.312 e. The number of nitrogens with one attached hydrogen (secondary N) is 1. The van der Waals surface area contributed by atoms with E-state index < -0.39 is 5.60 Å². The Morgan fingerprint density at radius 1 is 1.09 bits per heavy atom. The zero-order chi connectivity index (χ0) is 30.6. The molecule has 5 rings (SSSR count). The second kappa shape index (κ2) is 13.4. The number of para-hydroxylation sites is 1. The normalized spacial score (nSPS) is 19.0. The van der Waals surface area contributed by atoms with E-state index in [2.05, 4.69) is 53.3 Å². The Balaban J connectivity index is 1.35. The van der Waals surface area contributed by atoms with Crippen LogP contribution >= 0.6 is 0 Å². The molecule has 0 saturated carbocycles. The number of esters is 1. The van der Waals surface area contributed by atoms with Crippen molar-refractivity contribution in [2.45, 2.75) is 79.1 Å². The van der Waals surface area contributed by atoms with Gasteiger partial charge in [-0.2, -0.15) is 0 Å². The number of benzene rings is 2. The number of carbonyl (C=O) groups excluding carboxylic acids is 1. The topological polar surface area (TPSA) is 85.8 Å². The van der Waals surface area contributed by atoms with Crippen molar-refractivity contribution in [2.24, 2.45) is 5.92 Å². The number of hydrogen-bond donors (Lipinski definition) is 1. The fourth-order valence-electron chi connectivity index (χ4n) is 6.14. The summed E-state index contributed by atoms with van der Waals surface area (Å²) in [6.45, 7) is 16.1. The lowest BCUT2D eigenvalue weighted by Gasteiger charge is -2.38. The summed E-state index contributed by atoms with van der Waals surface area (Å²) in [6.07, 6.45) is 4.23. The maximum absolute atomic E-state index is 13.0. The number of aryl methyl sites for hydroxylation is 1. The predicted molar refractivity (Wildman–Crippen MR) is 170 cm³/mol. The molecular weight excluding hydrogens is 540 g/mol. The van der Waals surface area contributed by atoms with E-state index in [4.69, 9.17) is 19.2 Å². The fourth-order valence-corrected chi connectivity index (χ4v) is 6.14. The molecule has 0 amide bonds. The molecule has 2 atom stereocenters. The van der Waals surface area contributed by atoms with Gasteiger partial charge in [-0.3, -0.25) is 4.79 Å². The summed E-state index contributed by atoms with van der Waals surface area (Å²) in [5, 5.41) is 3.51. The van der Waals surface area contributed by atoms with Gasteiger partial charge in [0.1, 0.15) is 18.0 Å². The minimum atomic E-state index is -0.536. The van der Waals surface area contributed by atoms with Crippen LogP contribution in [0.2, 0.25) is 0 Å². The molecule has 0 aliphatic carbocycles. The van der Waals surface area contributed by atoms with Crippen molar-refractivity contribution in [3.63, 3.8) is 0 Å². The Morgan fingerprint density at radius 2 is 1.91 bits per heavy atom. The summed E-state index contributed by atoms with van der Waals surface area (Å²) in [4.78, 5) is 24.7. The van der Waals surface area contributed by atoms with Gasteiger partial charge in [0, 0.05) is 31.5 Å². The Hall–Kier alpha value is -3.49. The molecule has 43 heavy (non-hydrogen) atoms. The van der Waals surface area contributed by atoms with Gasteiger partial charge in [-0.15, -0.1) is 0 Å². The van der Waals surface area contributed by atoms with Crippen LogP contribution in [0.1, 0.15) is 61.9 Å². The number of ether oxygens (including phenoxy) is 3. The number of anilines is 1. The zero-order valence-corrected chi connectivity index (χ0v) is 26.5. The molecule has 1 aromatic heterocycles. The van der Waals surface area contributed by atoms with Gasteiger partial charge in [-0.05, 0) is 114 Å². The maximum atomic E-state index is 13.0. The highest BCUT2D eigenvalue weighted by molar-refractivity contribution is 5.74. The molecule has 0 bridgehead atoms. The van der Waals surface area contributed by atoms with Crippen LogP contribution in [0.5, 0.6) is 5.75 Å². The molecule has 1 N–H and O–H groups in total. The van der Waals surface area contributed by atoms with Gasteiger partial charge in [0.05, 0.1) is 17.7 Å². The second-order valence-corrected chi connectivity index (χ2v) is 12.6. The summed E-state index contributed by atoms with van der Waals surface area (Å²) in [5.41, 5.74) is 7.71. The third-order valence-electron chi connectivity index (χ3n) is 8.37. The summed E-state index contributed by atoms with van der Waals surface area (Å²) in [5.74, 6) is 0.928. The van der Waals surface area contributed by atoms with Gasteiger partial charge in [0.2, 0.25) is 5.95 Å². The smallest absolute Gasteiger partial charge is 0.312 e. The highest BCUT2D eigenvalue weighted by Gasteiger charge is 2.38. The van der Waals surface area contributed by atoms with E-state index in [1.54, 1.807) is 6.20 Å². The molecule has 8 heteroatoms. The number of rotatable bonds is 8. The zero-order valence-electron chi connectivity index (χ0n) is 26.5. The van der Waals surface area contributed by atoms with E-state index >= 15 is 0 Å². The number of hydrogen-bond acceptors (Lipinski definition) is 8. The van der Waals surface area contributed by atoms with Crippen molar-refractivity contribution < 1.29 is 19.0 Å². The third kappa shape index (κ3) is 7.36. The number of piperidine rings is 1. The monoisotopic (exact) mass is 586 g/mol. The number of carbonyl (C=O) groups is 1. The molecule has 3 heterocycles. The van der Waals surface area contributed by atoms with Gasteiger partial charge in [0.25, 0.3) is 0 Å². The fraction of sp³-hybridized carbons (Fsp3) is 0.514. The SMILES string of the molecule is CCO[C@@H]1CN(c2nccc(-c3cccc(C)c3OCc3ccc4c(c3C)CCNCC4)n2)CC[C@@H]1C(=O)OC(C)(C)C. The molecule has 0 unspecified atom stereocenters. The highest BCUT2D eigenvalue weighted by Crippen LogP contribution is 2.34. The first-order valence-corrected chi connectivity index (χ1v) is 15.6. The van der Waals surface area contributed by atoms with Gasteiger partial charge in [-0.1, -0.05) is 24.3 Å². The standard InChI is InChI=1S/C35H46N4O4/c1-7-41-31-21-39(20-16-29(31)33(40)43-35(4,5)6)34-37-19-15-30(38-34)28-10-8-9-23(2)32(28)42-22-26-12-11-25-13-17-36-18-14-27(25)24(26)3/h8-12,15,19,29,31,36H,7,13-14,16-18,20-22H2,1-6H3/t29-,31+/m0/s1. The lowest BCUT2D eigenvalue weighted by Crippen LogP contribution is -2.49. The first kappa shape index (κ1) is 31.0. The van der Waals surface area contributed by atoms with Crippen LogP contribution in [0.25, 0.3) is 11.3 Å². The summed E-state index contributed by atoms with van der Waals surface area (Å²) < 4.78 is 18.3. The van der Waals surface area contributed by atoms with Gasteiger partial charge >= 0.3 is 5.97 Å². The van der Waals surface area contributed by atoms with Crippen molar-refractivity contribution in [2.75, 3.05) is 37.7 Å². The average molecular weight is 587 g/mol. The largest absolute Gasteiger partial charge is 0.488 e. The molecule has 1 fully saturated rings. The Bertz CT molecular complexity index is 1430. The second-order valence-electron chi connectivity index (χ2n) is 12.6. The van der Waals surface area contributed by atoms with Gasteiger partial charge in [0.15, 0.2) is 0 Å². The average Bonchev–Trinajstić information content (AvgIpc) is 3.23. The predicted octanol–water partition coefficient (Wildman–Crippen LogP) is 5.60. The third-order valence-corrected chi connectivity index (χ3v) is 8.37. The summed E-state index contributed by atoms with van der Waals surface area (Å²) in [7, 11) is 0. The molecule has 0 spiro atoms. The minimum absolute atomic E-state index is 0.205. The first-order valence-electron chi connectivity index (χ1n) is 15.6. The van der Waals surface area contributed by atoms with E-state index in [0.29, 0.717) is 38.7 Å². The van der Waals surface area contributed by atoms with Crippen LogP contribution in [-0.2, 0) is 33.7 Å². The molecule has 2 aliphatic rings. The minimum Gasteiger partial charge on any atom is -0.488 e. The Labute approximate surface area is 256 Å².